The van der Waals surface area contributed by atoms with Gasteiger partial charge in [-0.2, -0.15) is 0 Å². The van der Waals surface area contributed by atoms with Crippen molar-refractivity contribution >= 4 is 29.6 Å². The van der Waals surface area contributed by atoms with Gasteiger partial charge in [-0.15, -0.1) is 0 Å². The van der Waals surface area contributed by atoms with Crippen molar-refractivity contribution in [3.63, 3.8) is 0 Å². The van der Waals surface area contributed by atoms with Crippen molar-refractivity contribution in [1.29, 1.82) is 0 Å². The Bertz CT molecular complexity index is 578. The van der Waals surface area contributed by atoms with Gasteiger partial charge in [0.2, 0.25) is 23.6 Å². The highest BCUT2D eigenvalue weighted by Crippen LogP contribution is 2.06. The Labute approximate surface area is 159 Å². The molecule has 0 radical (unpaired) electrons. The number of rotatable bonds is 10. The summed E-state index contributed by atoms with van der Waals surface area (Å²) in [5, 5.41) is 15.9. The van der Waals surface area contributed by atoms with Gasteiger partial charge < -0.3 is 26.0 Å². The molecule has 10 nitrogen and oxygen atoms in total. The fourth-order valence-corrected chi connectivity index (χ4v) is 2.13. The number of nitrogens with one attached hydrogen (secondary N) is 3. The van der Waals surface area contributed by atoms with Crippen LogP contribution in [0.4, 0.5) is 0 Å². The molecule has 0 fully saturated rings. The number of hydrogen-bond donors (Lipinski definition) is 4. The fraction of sp³-hybridized carbons (Fsp3) is 0.706. The van der Waals surface area contributed by atoms with Gasteiger partial charge in [-0.05, 0) is 26.2 Å². The first-order valence-corrected chi connectivity index (χ1v) is 8.70. The zero-order valence-electron chi connectivity index (χ0n) is 16.7. The number of likely N-dealkylation sites (N-methyl/N-ethyl adjacent to an activating group) is 1. The smallest absolute Gasteiger partial charge is 0.322 e. The van der Waals surface area contributed by atoms with E-state index < -0.39 is 48.4 Å². The van der Waals surface area contributed by atoms with Crippen molar-refractivity contribution in [2.24, 2.45) is 5.92 Å². The fourth-order valence-electron chi connectivity index (χ4n) is 2.13. The lowest BCUT2D eigenvalue weighted by molar-refractivity contribution is -0.139. The van der Waals surface area contributed by atoms with Crippen LogP contribution in [-0.2, 0) is 24.0 Å². The van der Waals surface area contributed by atoms with Crippen molar-refractivity contribution < 1.29 is 29.1 Å². The van der Waals surface area contributed by atoms with Crippen LogP contribution in [0, 0.1) is 5.92 Å². The first kappa shape index (κ1) is 24.4. The summed E-state index contributed by atoms with van der Waals surface area (Å²) < 4.78 is 0. The van der Waals surface area contributed by atoms with E-state index in [-0.39, 0.29) is 11.8 Å². The molecule has 10 heteroatoms. The number of carboxylic acids is 1. The number of carbonyl (C=O) groups is 5. The van der Waals surface area contributed by atoms with E-state index in [9.17, 15) is 24.0 Å². The van der Waals surface area contributed by atoms with Crippen molar-refractivity contribution in [3.8, 4) is 0 Å². The van der Waals surface area contributed by atoms with E-state index in [1.165, 1.54) is 32.7 Å². The molecule has 4 amide bonds. The molecule has 0 aliphatic carbocycles. The molecule has 27 heavy (non-hydrogen) atoms. The van der Waals surface area contributed by atoms with Crippen LogP contribution in [0.2, 0.25) is 0 Å². The molecule has 0 heterocycles. The molecule has 0 bridgehead atoms. The maximum Gasteiger partial charge on any atom is 0.322 e. The quantitative estimate of drug-likeness (QED) is 0.382. The van der Waals surface area contributed by atoms with E-state index in [1.807, 2.05) is 13.8 Å². The molecule has 0 aliphatic heterocycles. The van der Waals surface area contributed by atoms with Gasteiger partial charge in [0.1, 0.15) is 24.7 Å². The topological polar surface area (TPSA) is 145 Å². The SMILES string of the molecule is CC(=O)N(C)[C@@H](C)C(=O)N[C@@H](C)C(=O)N[C@@H](CC(C)C)C(=O)NCC(=O)O. The Morgan fingerprint density at radius 2 is 1.48 bits per heavy atom. The second-order valence-electron chi connectivity index (χ2n) is 6.84. The summed E-state index contributed by atoms with van der Waals surface area (Å²) in [5.74, 6) is -3.12. The van der Waals surface area contributed by atoms with Gasteiger partial charge in [0.15, 0.2) is 0 Å². The first-order valence-electron chi connectivity index (χ1n) is 8.70. The average molecular weight is 386 g/mol. The molecule has 0 aromatic rings. The van der Waals surface area contributed by atoms with Crippen molar-refractivity contribution in [2.75, 3.05) is 13.6 Å². The molecule has 0 saturated carbocycles. The third kappa shape index (κ3) is 9.02. The van der Waals surface area contributed by atoms with E-state index in [1.54, 1.807) is 0 Å². The number of nitrogens with zero attached hydrogens (tertiary/aromatic N) is 1. The van der Waals surface area contributed by atoms with Crippen LogP contribution in [-0.4, -0.2) is 71.3 Å². The van der Waals surface area contributed by atoms with E-state index >= 15 is 0 Å². The molecule has 0 aromatic carbocycles. The van der Waals surface area contributed by atoms with E-state index in [0.29, 0.717) is 6.42 Å². The van der Waals surface area contributed by atoms with Crippen molar-refractivity contribution in [1.82, 2.24) is 20.9 Å². The molecule has 0 aliphatic rings. The first-order chi connectivity index (χ1) is 12.4. The number of aliphatic carboxylic acids is 1. The van der Waals surface area contributed by atoms with Crippen LogP contribution in [0.15, 0.2) is 0 Å². The van der Waals surface area contributed by atoms with E-state index in [2.05, 4.69) is 16.0 Å². The minimum atomic E-state index is -1.19. The van der Waals surface area contributed by atoms with Crippen LogP contribution >= 0.6 is 0 Å². The summed E-state index contributed by atoms with van der Waals surface area (Å²) in [5.41, 5.74) is 0. The molecule has 154 valence electrons. The van der Waals surface area contributed by atoms with Gasteiger partial charge in [-0.1, -0.05) is 13.8 Å². The summed E-state index contributed by atoms with van der Waals surface area (Å²) in [4.78, 5) is 59.7. The van der Waals surface area contributed by atoms with Crippen LogP contribution in [0.25, 0.3) is 0 Å². The highest BCUT2D eigenvalue weighted by Gasteiger charge is 2.27. The highest BCUT2D eigenvalue weighted by atomic mass is 16.4. The van der Waals surface area contributed by atoms with E-state index in [4.69, 9.17) is 5.11 Å². The Morgan fingerprint density at radius 1 is 0.926 bits per heavy atom. The van der Waals surface area contributed by atoms with Crippen LogP contribution < -0.4 is 16.0 Å². The third-order valence-electron chi connectivity index (χ3n) is 3.96. The van der Waals surface area contributed by atoms with Crippen LogP contribution in [0.3, 0.4) is 0 Å². The maximum atomic E-state index is 12.3. The Hall–Kier alpha value is -2.65. The second kappa shape index (κ2) is 11.1. The highest BCUT2D eigenvalue weighted by molar-refractivity contribution is 5.94. The van der Waals surface area contributed by atoms with Gasteiger partial charge in [0, 0.05) is 14.0 Å². The van der Waals surface area contributed by atoms with Gasteiger partial charge in [-0.25, -0.2) is 0 Å². The lowest BCUT2D eigenvalue weighted by Crippen LogP contribution is -2.55. The van der Waals surface area contributed by atoms with E-state index in [0.717, 1.165) is 0 Å². The number of carboxylic acid groups (broad SMARTS) is 1. The summed E-state index contributed by atoms with van der Waals surface area (Å²) >= 11 is 0. The molecule has 4 N–H and O–H groups in total. The Kier molecular flexibility index (Phi) is 10.1. The van der Waals surface area contributed by atoms with Crippen LogP contribution in [0.1, 0.15) is 41.0 Å². The minimum Gasteiger partial charge on any atom is -0.480 e. The molecule has 0 rings (SSSR count). The third-order valence-corrected chi connectivity index (χ3v) is 3.96. The predicted molar refractivity (Wildman–Crippen MR) is 97.5 cm³/mol. The number of hydrogen-bond acceptors (Lipinski definition) is 5. The van der Waals surface area contributed by atoms with Crippen molar-refractivity contribution in [3.05, 3.63) is 0 Å². The number of carbonyl (C=O) groups excluding carboxylic acids is 4. The van der Waals surface area contributed by atoms with Crippen LogP contribution in [0.5, 0.6) is 0 Å². The number of amides is 4. The average Bonchev–Trinajstić information content (AvgIpc) is 2.56. The maximum absolute atomic E-state index is 12.3. The zero-order valence-corrected chi connectivity index (χ0v) is 16.7. The zero-order chi connectivity index (χ0) is 21.3. The molecule has 0 saturated heterocycles. The summed E-state index contributed by atoms with van der Waals surface area (Å²) in [7, 11) is 1.47. The lowest BCUT2D eigenvalue weighted by atomic mass is 10.0. The summed E-state index contributed by atoms with van der Waals surface area (Å²) in [6.07, 6.45) is 0.307. The second-order valence-corrected chi connectivity index (χ2v) is 6.84. The Balaban J connectivity index is 4.90. The Morgan fingerprint density at radius 3 is 1.93 bits per heavy atom. The summed E-state index contributed by atoms with van der Waals surface area (Å²) in [6, 6.07) is -2.63. The lowest BCUT2D eigenvalue weighted by Gasteiger charge is -2.25. The normalized spacial score (nSPS) is 13.9. The predicted octanol–water partition coefficient (Wildman–Crippen LogP) is -0.910. The molecule has 3 atom stereocenters. The summed E-state index contributed by atoms with van der Waals surface area (Å²) in [6.45, 7) is 7.47. The van der Waals surface area contributed by atoms with Gasteiger partial charge in [-0.3, -0.25) is 24.0 Å². The molecular weight excluding hydrogens is 356 g/mol. The molecule has 0 unspecified atom stereocenters. The largest absolute Gasteiger partial charge is 0.480 e. The monoisotopic (exact) mass is 386 g/mol. The van der Waals surface area contributed by atoms with Crippen molar-refractivity contribution in [2.45, 2.75) is 59.2 Å². The standard InChI is InChI=1S/C17H30N4O6/c1-9(2)7-13(17(27)18-8-14(23)24)20-15(25)10(3)19-16(26)11(4)21(6)12(5)22/h9-11,13H,7-8H2,1-6H3,(H,18,27)(H,19,26)(H,20,25)(H,23,24)/t10-,11-,13-/m0/s1. The van der Waals surface area contributed by atoms with Gasteiger partial charge in [0.25, 0.3) is 0 Å². The minimum absolute atomic E-state index is 0.0695. The molecule has 0 spiro atoms. The molecule has 0 aromatic heterocycles. The van der Waals surface area contributed by atoms with Gasteiger partial charge in [0.05, 0.1) is 0 Å². The molecular formula is C17H30N4O6. The van der Waals surface area contributed by atoms with Gasteiger partial charge >= 0.3 is 5.97 Å².